The van der Waals surface area contributed by atoms with E-state index in [4.69, 9.17) is 22.8 Å². The van der Waals surface area contributed by atoms with Crippen molar-refractivity contribution in [2.75, 3.05) is 16.4 Å². The highest BCUT2D eigenvalue weighted by Gasteiger charge is 2.38. The first-order valence-electron chi connectivity index (χ1n) is 14.8. The van der Waals surface area contributed by atoms with E-state index in [1.54, 1.807) is 72.8 Å². The number of rotatable bonds is 4. The summed E-state index contributed by atoms with van der Waals surface area (Å²) in [5, 5.41) is 6.53. The van der Waals surface area contributed by atoms with Crippen LogP contribution in [0.4, 0.5) is 11.4 Å². The Balaban J connectivity index is 1.24. The predicted octanol–water partition coefficient (Wildman–Crippen LogP) is 8.00. The second-order valence-corrected chi connectivity index (χ2v) is 11.9. The van der Waals surface area contributed by atoms with Crippen LogP contribution in [0.3, 0.4) is 0 Å². The lowest BCUT2D eigenvalue weighted by atomic mass is 9.82. The second-order valence-electron chi connectivity index (χ2n) is 11.5. The summed E-state index contributed by atoms with van der Waals surface area (Å²) in [6.45, 7) is 0.106. The first-order chi connectivity index (χ1) is 22.9. The molecule has 7 aromatic rings. The number of terminal acetylenes is 1. The minimum atomic E-state index is -0.432. The van der Waals surface area contributed by atoms with Crippen molar-refractivity contribution in [3.05, 3.63) is 124 Å². The van der Waals surface area contributed by atoms with Crippen LogP contribution in [0.2, 0.25) is 5.02 Å². The van der Waals surface area contributed by atoms with Crippen LogP contribution in [0.25, 0.3) is 43.1 Å². The molecule has 7 nitrogen and oxygen atoms in total. The van der Waals surface area contributed by atoms with E-state index < -0.39 is 23.6 Å². The number of amides is 4. The van der Waals surface area contributed by atoms with Crippen molar-refractivity contribution in [2.24, 2.45) is 0 Å². The van der Waals surface area contributed by atoms with Crippen molar-refractivity contribution < 1.29 is 23.9 Å². The summed E-state index contributed by atoms with van der Waals surface area (Å²) >= 11 is 6.07. The van der Waals surface area contributed by atoms with E-state index in [0.717, 1.165) is 32.3 Å². The van der Waals surface area contributed by atoms with Crippen LogP contribution in [-0.2, 0) is 0 Å². The molecule has 0 aromatic heterocycles. The Hall–Kier alpha value is -6.23. The van der Waals surface area contributed by atoms with Crippen LogP contribution < -0.4 is 14.5 Å². The number of fused-ring (bicyclic) bond motifs is 2. The highest BCUT2D eigenvalue weighted by molar-refractivity contribution is 6.45. The third-order valence-electron chi connectivity index (χ3n) is 9.14. The van der Waals surface area contributed by atoms with Gasteiger partial charge in [0.15, 0.2) is 0 Å². The molecule has 8 heteroatoms. The van der Waals surface area contributed by atoms with E-state index in [0.29, 0.717) is 55.2 Å². The molecule has 9 rings (SSSR count). The molecule has 0 atom stereocenters. The molecule has 0 unspecified atom stereocenters. The standard InChI is InChI=1S/C39H19ClN2O5/c1-2-19-47-23-9-7-22(8-10-23)42-38(45)30-17-13-26-24-11-15-28-34-29(37(44)41(36(28)43)21-5-3-20(40)4-6-21)16-12-25(32(24)34)27-14-18-31(39(42)46)35(30)33(26)27/h1,3-18H,19H2. The minimum absolute atomic E-state index is 0.106. The van der Waals surface area contributed by atoms with Crippen LogP contribution in [0.15, 0.2) is 97.1 Å². The summed E-state index contributed by atoms with van der Waals surface area (Å²) in [4.78, 5) is 58.0. The van der Waals surface area contributed by atoms with Gasteiger partial charge in [0.05, 0.1) is 11.4 Å². The third-order valence-corrected chi connectivity index (χ3v) is 9.39. The zero-order chi connectivity index (χ0) is 32.1. The van der Waals surface area contributed by atoms with Crippen molar-refractivity contribution in [3.63, 3.8) is 0 Å². The Bertz CT molecular complexity index is 2500. The Kier molecular flexibility index (Phi) is 5.56. The average molecular weight is 631 g/mol. The van der Waals surface area contributed by atoms with E-state index in [-0.39, 0.29) is 6.61 Å². The molecule has 2 aliphatic heterocycles. The molecule has 0 bridgehead atoms. The van der Waals surface area contributed by atoms with Crippen molar-refractivity contribution >= 4 is 89.7 Å². The summed E-state index contributed by atoms with van der Waals surface area (Å²) in [7, 11) is 0. The van der Waals surface area contributed by atoms with Gasteiger partial charge in [-0.1, -0.05) is 41.8 Å². The third kappa shape index (κ3) is 3.59. The van der Waals surface area contributed by atoms with E-state index in [1.165, 1.54) is 9.80 Å². The van der Waals surface area contributed by atoms with Gasteiger partial charge in [-0.2, -0.15) is 0 Å². The average Bonchev–Trinajstić information content (AvgIpc) is 3.09. The van der Waals surface area contributed by atoms with Crippen molar-refractivity contribution in [1.29, 1.82) is 0 Å². The molecular formula is C39H19ClN2O5. The second kappa shape index (κ2) is 9.63. The van der Waals surface area contributed by atoms with Crippen LogP contribution in [0, 0.1) is 12.3 Å². The van der Waals surface area contributed by atoms with Crippen LogP contribution >= 0.6 is 11.6 Å². The molecule has 0 aliphatic carbocycles. The van der Waals surface area contributed by atoms with E-state index in [1.807, 2.05) is 24.3 Å². The van der Waals surface area contributed by atoms with E-state index in [9.17, 15) is 19.2 Å². The molecule has 2 aliphatic rings. The highest BCUT2D eigenvalue weighted by Crippen LogP contribution is 2.47. The van der Waals surface area contributed by atoms with Crippen molar-refractivity contribution in [2.45, 2.75) is 0 Å². The normalized spacial score (nSPS) is 14.2. The number of benzene rings is 7. The zero-order valence-electron chi connectivity index (χ0n) is 24.3. The van der Waals surface area contributed by atoms with E-state index in [2.05, 4.69) is 5.92 Å². The maximum absolute atomic E-state index is 14.0. The predicted molar refractivity (Wildman–Crippen MR) is 182 cm³/mol. The molecule has 0 saturated carbocycles. The van der Waals surface area contributed by atoms with Gasteiger partial charge in [-0.3, -0.25) is 19.2 Å². The number of nitrogens with zero attached hydrogens (tertiary/aromatic N) is 2. The van der Waals surface area contributed by atoms with Crippen molar-refractivity contribution in [3.8, 4) is 18.1 Å². The Morgan fingerprint density at radius 2 is 0.872 bits per heavy atom. The number of imide groups is 2. The Morgan fingerprint density at radius 1 is 0.511 bits per heavy atom. The molecule has 2 heterocycles. The molecule has 47 heavy (non-hydrogen) atoms. The summed E-state index contributed by atoms with van der Waals surface area (Å²) in [6.07, 6.45) is 5.28. The molecule has 0 fully saturated rings. The fourth-order valence-electron chi connectivity index (χ4n) is 7.14. The van der Waals surface area contributed by atoms with Gasteiger partial charge in [-0.25, -0.2) is 9.80 Å². The van der Waals surface area contributed by atoms with Gasteiger partial charge in [0.2, 0.25) is 0 Å². The Labute approximate surface area is 271 Å². The molecule has 4 amide bonds. The molecule has 0 saturated heterocycles. The first-order valence-corrected chi connectivity index (χ1v) is 15.1. The quantitative estimate of drug-likeness (QED) is 0.0851. The lowest BCUT2D eigenvalue weighted by Crippen LogP contribution is -2.40. The number of halogens is 1. The molecular weight excluding hydrogens is 612 g/mol. The number of carbonyl (C=O) groups is 4. The van der Waals surface area contributed by atoms with Crippen LogP contribution in [0.5, 0.6) is 5.75 Å². The lowest BCUT2D eigenvalue weighted by Gasteiger charge is -2.30. The summed E-state index contributed by atoms with van der Waals surface area (Å²) < 4.78 is 5.45. The number of hydrogen-bond donors (Lipinski definition) is 0. The highest BCUT2D eigenvalue weighted by atomic mass is 35.5. The number of hydrogen-bond acceptors (Lipinski definition) is 5. The fourth-order valence-corrected chi connectivity index (χ4v) is 7.27. The molecule has 0 spiro atoms. The van der Waals surface area contributed by atoms with Gasteiger partial charge in [-0.15, -0.1) is 6.42 Å². The van der Waals surface area contributed by atoms with E-state index >= 15 is 0 Å². The van der Waals surface area contributed by atoms with Gasteiger partial charge in [-0.05, 0) is 105 Å². The molecule has 222 valence electrons. The molecule has 7 aromatic carbocycles. The number of anilines is 2. The van der Waals surface area contributed by atoms with Gasteiger partial charge < -0.3 is 4.74 Å². The zero-order valence-corrected chi connectivity index (χ0v) is 25.1. The summed E-state index contributed by atoms with van der Waals surface area (Å²) in [6, 6.07) is 27.8. The van der Waals surface area contributed by atoms with Gasteiger partial charge in [0.25, 0.3) is 23.6 Å². The maximum atomic E-state index is 14.0. The lowest BCUT2D eigenvalue weighted by molar-refractivity contribution is 0.0877. The summed E-state index contributed by atoms with van der Waals surface area (Å²) in [5.41, 5.74) is 2.50. The fraction of sp³-hybridized carbons (Fsp3) is 0.0256. The monoisotopic (exact) mass is 630 g/mol. The molecule has 0 radical (unpaired) electrons. The SMILES string of the molecule is C#CCOc1ccc(N2C(=O)c3ccc4c5ccc6c7c(ccc(c8ccc(c3c48)C2=O)c75)C(=O)N(c2ccc(Cl)cc2)C6=O)cc1. The summed E-state index contributed by atoms with van der Waals surface area (Å²) in [5.74, 6) is 1.24. The maximum Gasteiger partial charge on any atom is 0.265 e. The number of carbonyl (C=O) groups excluding carboxylic acids is 4. The topological polar surface area (TPSA) is 84.0 Å². The Morgan fingerprint density at radius 3 is 1.23 bits per heavy atom. The van der Waals surface area contributed by atoms with Gasteiger partial charge in [0.1, 0.15) is 12.4 Å². The smallest absolute Gasteiger partial charge is 0.265 e. The first kappa shape index (κ1) is 27.1. The minimum Gasteiger partial charge on any atom is -0.481 e. The van der Waals surface area contributed by atoms with Gasteiger partial charge >= 0.3 is 0 Å². The van der Waals surface area contributed by atoms with Crippen LogP contribution in [-0.4, -0.2) is 30.2 Å². The van der Waals surface area contributed by atoms with Gasteiger partial charge in [0, 0.05) is 38.0 Å². The van der Waals surface area contributed by atoms with Crippen molar-refractivity contribution in [1.82, 2.24) is 0 Å². The number of ether oxygens (including phenoxy) is 1. The van der Waals surface area contributed by atoms with Crippen LogP contribution in [0.1, 0.15) is 41.4 Å². The largest absolute Gasteiger partial charge is 0.481 e. The molecule has 0 N–H and O–H groups in total.